The SMILES string of the molecule is COc1ccc(CC[C@@H]2N(C(=O)C3CCC3)CC[C@@]3(O)CCCC[C@]23O)cc1. The molecule has 3 atom stereocenters. The first-order chi connectivity index (χ1) is 13.5. The first-order valence-electron chi connectivity index (χ1n) is 10.8. The van der Waals surface area contributed by atoms with E-state index in [1.807, 2.05) is 29.2 Å². The molecule has 0 aromatic heterocycles. The molecular weight excluding hydrogens is 354 g/mol. The number of ether oxygens (including phenoxy) is 1. The molecule has 2 N–H and O–H groups in total. The third-order valence-electron chi connectivity index (χ3n) is 7.50. The Labute approximate surface area is 167 Å². The van der Waals surface area contributed by atoms with Crippen molar-refractivity contribution in [2.24, 2.45) is 5.92 Å². The zero-order chi connectivity index (χ0) is 19.8. The minimum Gasteiger partial charge on any atom is -0.497 e. The fourth-order valence-corrected chi connectivity index (χ4v) is 5.44. The van der Waals surface area contributed by atoms with E-state index in [9.17, 15) is 15.0 Å². The van der Waals surface area contributed by atoms with Crippen LogP contribution in [0.5, 0.6) is 5.75 Å². The number of rotatable bonds is 5. The zero-order valence-electron chi connectivity index (χ0n) is 16.9. The van der Waals surface area contributed by atoms with Crippen molar-refractivity contribution in [3.05, 3.63) is 29.8 Å². The van der Waals surface area contributed by atoms with Crippen molar-refractivity contribution in [3.63, 3.8) is 0 Å². The Bertz CT molecular complexity index is 701. The first-order valence-corrected chi connectivity index (χ1v) is 10.8. The van der Waals surface area contributed by atoms with Crippen LogP contribution in [0, 0.1) is 5.92 Å². The Kier molecular flexibility index (Phi) is 5.41. The van der Waals surface area contributed by atoms with E-state index in [4.69, 9.17) is 4.74 Å². The Morgan fingerprint density at radius 1 is 1.11 bits per heavy atom. The van der Waals surface area contributed by atoms with Crippen LogP contribution in [0.2, 0.25) is 0 Å². The number of amides is 1. The number of aliphatic hydroxyl groups is 2. The van der Waals surface area contributed by atoms with E-state index in [0.717, 1.165) is 49.8 Å². The van der Waals surface area contributed by atoms with Gasteiger partial charge in [-0.25, -0.2) is 0 Å². The maximum Gasteiger partial charge on any atom is 0.226 e. The van der Waals surface area contributed by atoms with Crippen LogP contribution in [0.3, 0.4) is 0 Å². The van der Waals surface area contributed by atoms with Gasteiger partial charge < -0.3 is 19.8 Å². The van der Waals surface area contributed by atoms with Crippen LogP contribution in [-0.2, 0) is 11.2 Å². The smallest absolute Gasteiger partial charge is 0.226 e. The molecule has 0 radical (unpaired) electrons. The summed E-state index contributed by atoms with van der Waals surface area (Å²) in [6.07, 6.45) is 8.02. The third kappa shape index (κ3) is 3.33. The molecule has 1 aliphatic heterocycles. The topological polar surface area (TPSA) is 70.0 Å². The summed E-state index contributed by atoms with van der Waals surface area (Å²) in [6, 6.07) is 7.65. The number of aryl methyl sites for hydroxylation is 1. The lowest BCUT2D eigenvalue weighted by Crippen LogP contribution is -2.72. The summed E-state index contributed by atoms with van der Waals surface area (Å²) in [4.78, 5) is 15.0. The van der Waals surface area contributed by atoms with Gasteiger partial charge in [-0.15, -0.1) is 0 Å². The molecule has 2 aliphatic carbocycles. The summed E-state index contributed by atoms with van der Waals surface area (Å²) in [5.41, 5.74) is -1.10. The number of fused-ring (bicyclic) bond motifs is 1. The van der Waals surface area contributed by atoms with E-state index in [2.05, 4.69) is 0 Å². The molecule has 5 heteroatoms. The van der Waals surface area contributed by atoms with Gasteiger partial charge in [-0.05, 0) is 62.6 Å². The standard InChI is InChI=1S/C23H33NO4/c1-28-19-10-7-17(8-11-19)9-12-20-23(27)14-3-2-13-22(23,26)15-16-24(20)21(25)18-5-4-6-18/h7-8,10-11,18,20,26-27H,2-6,9,12-16H2,1H3/t20-,22-,23-/m0/s1. The fraction of sp³-hybridized carbons (Fsp3) is 0.696. The Balaban J connectivity index is 1.57. The molecule has 154 valence electrons. The normalized spacial score (nSPS) is 33.1. The van der Waals surface area contributed by atoms with Gasteiger partial charge in [-0.2, -0.15) is 0 Å². The Morgan fingerprint density at radius 3 is 2.46 bits per heavy atom. The summed E-state index contributed by atoms with van der Waals surface area (Å²) in [5, 5.41) is 23.0. The highest BCUT2D eigenvalue weighted by molar-refractivity contribution is 5.80. The second-order valence-electron chi connectivity index (χ2n) is 8.97. The van der Waals surface area contributed by atoms with Gasteiger partial charge in [-0.1, -0.05) is 31.4 Å². The number of carbonyl (C=O) groups excluding carboxylic acids is 1. The summed E-state index contributed by atoms with van der Waals surface area (Å²) in [7, 11) is 1.65. The molecule has 28 heavy (non-hydrogen) atoms. The van der Waals surface area contributed by atoms with Gasteiger partial charge in [0.2, 0.25) is 5.91 Å². The van der Waals surface area contributed by atoms with Gasteiger partial charge in [0.1, 0.15) is 11.4 Å². The highest BCUT2D eigenvalue weighted by atomic mass is 16.5. The lowest BCUT2D eigenvalue weighted by atomic mass is 9.62. The fourth-order valence-electron chi connectivity index (χ4n) is 5.44. The van der Waals surface area contributed by atoms with Crippen LogP contribution in [0.15, 0.2) is 24.3 Å². The number of carbonyl (C=O) groups is 1. The van der Waals surface area contributed by atoms with Crippen LogP contribution in [0.4, 0.5) is 0 Å². The second kappa shape index (κ2) is 7.68. The van der Waals surface area contributed by atoms with Crippen LogP contribution in [0.25, 0.3) is 0 Å². The van der Waals surface area contributed by atoms with E-state index in [1.54, 1.807) is 7.11 Å². The van der Waals surface area contributed by atoms with Crippen molar-refractivity contribution in [2.75, 3.05) is 13.7 Å². The molecule has 1 amide bonds. The molecule has 4 rings (SSSR count). The van der Waals surface area contributed by atoms with E-state index >= 15 is 0 Å². The maximum absolute atomic E-state index is 13.1. The van der Waals surface area contributed by atoms with Crippen molar-refractivity contribution in [1.82, 2.24) is 4.90 Å². The monoisotopic (exact) mass is 387 g/mol. The molecule has 0 spiro atoms. The summed E-state index contributed by atoms with van der Waals surface area (Å²) < 4.78 is 5.23. The average Bonchev–Trinajstić information content (AvgIpc) is 2.65. The zero-order valence-corrected chi connectivity index (χ0v) is 16.9. The molecule has 3 fully saturated rings. The number of nitrogens with zero attached hydrogens (tertiary/aromatic N) is 1. The van der Waals surface area contributed by atoms with Gasteiger partial charge >= 0.3 is 0 Å². The molecule has 1 aromatic carbocycles. The largest absolute Gasteiger partial charge is 0.497 e. The highest BCUT2D eigenvalue weighted by Crippen LogP contribution is 2.48. The van der Waals surface area contributed by atoms with Crippen LogP contribution < -0.4 is 4.74 Å². The molecule has 0 unspecified atom stereocenters. The van der Waals surface area contributed by atoms with Gasteiger partial charge in [0.25, 0.3) is 0 Å². The highest BCUT2D eigenvalue weighted by Gasteiger charge is 2.60. The number of benzene rings is 1. The predicted molar refractivity (Wildman–Crippen MR) is 107 cm³/mol. The predicted octanol–water partition coefficient (Wildman–Crippen LogP) is 3.07. The van der Waals surface area contributed by atoms with E-state index in [1.165, 1.54) is 0 Å². The minimum atomic E-state index is -1.20. The second-order valence-corrected chi connectivity index (χ2v) is 8.97. The van der Waals surface area contributed by atoms with Crippen molar-refractivity contribution in [1.29, 1.82) is 0 Å². The van der Waals surface area contributed by atoms with Crippen molar-refractivity contribution < 1.29 is 19.7 Å². The number of piperidine rings is 1. The number of hydrogen-bond donors (Lipinski definition) is 2. The molecule has 1 aromatic rings. The van der Waals surface area contributed by atoms with Crippen LogP contribution in [0.1, 0.15) is 63.4 Å². The maximum atomic E-state index is 13.1. The molecule has 0 bridgehead atoms. The summed E-state index contributed by atoms with van der Waals surface area (Å²) in [5.74, 6) is 1.12. The van der Waals surface area contributed by atoms with Gasteiger partial charge in [0, 0.05) is 12.5 Å². The van der Waals surface area contributed by atoms with Crippen LogP contribution in [-0.4, -0.2) is 51.9 Å². The third-order valence-corrected chi connectivity index (χ3v) is 7.50. The molecule has 2 saturated carbocycles. The lowest BCUT2D eigenvalue weighted by molar-refractivity contribution is -0.236. The van der Waals surface area contributed by atoms with Crippen molar-refractivity contribution in [2.45, 2.75) is 81.5 Å². The number of likely N-dealkylation sites (tertiary alicyclic amines) is 1. The quantitative estimate of drug-likeness (QED) is 0.815. The molecular formula is C23H33NO4. The Hall–Kier alpha value is -1.59. The van der Waals surface area contributed by atoms with E-state index < -0.39 is 11.2 Å². The number of hydrogen-bond acceptors (Lipinski definition) is 4. The molecule has 1 heterocycles. The van der Waals surface area contributed by atoms with E-state index in [-0.39, 0.29) is 17.9 Å². The minimum absolute atomic E-state index is 0.113. The van der Waals surface area contributed by atoms with Gasteiger partial charge in [0.15, 0.2) is 0 Å². The molecule has 3 aliphatic rings. The van der Waals surface area contributed by atoms with Gasteiger partial charge in [-0.3, -0.25) is 4.79 Å². The van der Waals surface area contributed by atoms with Crippen LogP contribution >= 0.6 is 0 Å². The number of methoxy groups -OCH3 is 1. The molecule has 1 saturated heterocycles. The van der Waals surface area contributed by atoms with Crippen molar-refractivity contribution >= 4 is 5.91 Å². The van der Waals surface area contributed by atoms with Crippen molar-refractivity contribution in [3.8, 4) is 5.75 Å². The molecule has 5 nitrogen and oxygen atoms in total. The summed E-state index contributed by atoms with van der Waals surface area (Å²) >= 11 is 0. The first kappa shape index (κ1) is 19.7. The van der Waals surface area contributed by atoms with E-state index in [0.29, 0.717) is 32.2 Å². The average molecular weight is 388 g/mol. The summed E-state index contributed by atoms with van der Waals surface area (Å²) in [6.45, 7) is 0.557. The van der Waals surface area contributed by atoms with Gasteiger partial charge in [0.05, 0.1) is 18.8 Å². The lowest BCUT2D eigenvalue weighted by Gasteiger charge is -2.58. The Morgan fingerprint density at radius 2 is 1.82 bits per heavy atom.